The molecule has 2 aliphatic heterocycles. The Balaban J connectivity index is 1.83. The molecule has 5 heteroatoms. The van der Waals surface area contributed by atoms with E-state index < -0.39 is 0 Å². The monoisotopic (exact) mass is 273 g/mol. The van der Waals surface area contributed by atoms with E-state index in [9.17, 15) is 0 Å². The number of hydrogen-bond acceptors (Lipinski definition) is 4. The minimum Gasteiger partial charge on any atom is -0.370 e. The van der Waals surface area contributed by atoms with Crippen LogP contribution in [0.4, 0.5) is 0 Å². The van der Waals surface area contributed by atoms with E-state index in [2.05, 4.69) is 9.55 Å². The van der Waals surface area contributed by atoms with Crippen LogP contribution in [0.3, 0.4) is 0 Å². The van der Waals surface area contributed by atoms with Crippen LogP contribution >= 0.6 is 0 Å². The highest BCUT2D eigenvalue weighted by atomic mass is 16.5. The molecular weight excluding hydrogens is 254 g/mol. The van der Waals surface area contributed by atoms with E-state index in [0.29, 0.717) is 0 Å². The first-order chi connectivity index (χ1) is 9.93. The lowest BCUT2D eigenvalue weighted by Gasteiger charge is -2.26. The quantitative estimate of drug-likeness (QED) is 0.844. The molecule has 0 aliphatic carbocycles. The third kappa shape index (κ3) is 2.01. The van der Waals surface area contributed by atoms with Crippen molar-refractivity contribution in [3.63, 3.8) is 0 Å². The molecule has 0 radical (unpaired) electrons. The number of hydrogen-bond donors (Lipinski definition) is 0. The summed E-state index contributed by atoms with van der Waals surface area (Å²) in [4.78, 5) is 9.28. The van der Waals surface area contributed by atoms with Crippen LogP contribution in [0.2, 0.25) is 0 Å². The molecule has 0 amide bonds. The lowest BCUT2D eigenvalue weighted by molar-refractivity contribution is -0.0358. The second kappa shape index (κ2) is 5.14. The zero-order chi connectivity index (χ0) is 13.4. The predicted octanol–water partition coefficient (Wildman–Crippen LogP) is 2.98. The molecule has 4 rings (SSSR count). The maximum atomic E-state index is 5.96. The SMILES string of the molecule is c1cnc2c(c1)nc(C1CCCO1)n2C1CCCCO1. The summed E-state index contributed by atoms with van der Waals surface area (Å²) in [6.45, 7) is 1.65. The third-order valence-corrected chi connectivity index (χ3v) is 4.14. The number of nitrogens with zero attached hydrogens (tertiary/aromatic N) is 3. The van der Waals surface area contributed by atoms with E-state index >= 15 is 0 Å². The molecule has 2 aliphatic rings. The van der Waals surface area contributed by atoms with Crippen molar-refractivity contribution in [1.29, 1.82) is 0 Å². The second-order valence-corrected chi connectivity index (χ2v) is 5.51. The molecule has 0 N–H and O–H groups in total. The predicted molar refractivity (Wildman–Crippen MR) is 74.3 cm³/mol. The Kier molecular flexibility index (Phi) is 3.16. The topological polar surface area (TPSA) is 49.2 Å². The van der Waals surface area contributed by atoms with Gasteiger partial charge in [0.2, 0.25) is 0 Å². The summed E-state index contributed by atoms with van der Waals surface area (Å²) < 4.78 is 14.0. The molecule has 0 bridgehead atoms. The van der Waals surface area contributed by atoms with Crippen LogP contribution < -0.4 is 0 Å². The van der Waals surface area contributed by atoms with Crippen LogP contribution in [0.1, 0.15) is 50.3 Å². The van der Waals surface area contributed by atoms with Crippen molar-refractivity contribution >= 4 is 11.2 Å². The maximum absolute atomic E-state index is 5.96. The second-order valence-electron chi connectivity index (χ2n) is 5.51. The lowest BCUT2D eigenvalue weighted by Crippen LogP contribution is -2.21. The van der Waals surface area contributed by atoms with Gasteiger partial charge in [0.05, 0.1) is 0 Å². The van der Waals surface area contributed by atoms with Gasteiger partial charge in [-0.2, -0.15) is 0 Å². The van der Waals surface area contributed by atoms with Crippen LogP contribution in [0.15, 0.2) is 18.3 Å². The summed E-state index contributed by atoms with van der Waals surface area (Å²) in [6.07, 6.45) is 7.49. The summed E-state index contributed by atoms with van der Waals surface area (Å²) in [7, 11) is 0. The Morgan fingerprint density at radius 3 is 2.85 bits per heavy atom. The van der Waals surface area contributed by atoms with Gasteiger partial charge in [0.25, 0.3) is 0 Å². The molecule has 2 atom stereocenters. The maximum Gasteiger partial charge on any atom is 0.162 e. The first kappa shape index (κ1) is 12.3. The Labute approximate surface area is 117 Å². The Morgan fingerprint density at radius 2 is 2.05 bits per heavy atom. The number of fused-ring (bicyclic) bond motifs is 1. The molecule has 2 aromatic rings. The van der Waals surface area contributed by atoms with E-state index in [1.807, 2.05) is 18.3 Å². The zero-order valence-electron chi connectivity index (χ0n) is 11.5. The average molecular weight is 273 g/mol. The summed E-state index contributed by atoms with van der Waals surface area (Å²) in [5.41, 5.74) is 1.86. The molecule has 2 saturated heterocycles. The van der Waals surface area contributed by atoms with E-state index in [-0.39, 0.29) is 12.3 Å². The highest BCUT2D eigenvalue weighted by Crippen LogP contribution is 2.34. The zero-order valence-corrected chi connectivity index (χ0v) is 11.5. The molecule has 20 heavy (non-hydrogen) atoms. The number of ether oxygens (including phenoxy) is 2. The minimum atomic E-state index is 0.0582. The fraction of sp³-hybridized carbons (Fsp3) is 0.600. The molecule has 5 nitrogen and oxygen atoms in total. The minimum absolute atomic E-state index is 0.0582. The van der Waals surface area contributed by atoms with Gasteiger partial charge in [0.15, 0.2) is 5.65 Å². The molecule has 106 valence electrons. The smallest absolute Gasteiger partial charge is 0.162 e. The summed E-state index contributed by atoms with van der Waals surface area (Å²) in [5.74, 6) is 0.989. The van der Waals surface area contributed by atoms with E-state index in [1.54, 1.807) is 0 Å². The van der Waals surface area contributed by atoms with E-state index in [1.165, 1.54) is 6.42 Å². The molecule has 2 aromatic heterocycles. The van der Waals surface area contributed by atoms with Crippen molar-refractivity contribution in [3.8, 4) is 0 Å². The van der Waals surface area contributed by atoms with Crippen molar-refractivity contribution in [2.24, 2.45) is 0 Å². The van der Waals surface area contributed by atoms with Crippen molar-refractivity contribution in [2.75, 3.05) is 13.2 Å². The number of pyridine rings is 1. The van der Waals surface area contributed by atoms with Crippen LogP contribution in [0.25, 0.3) is 11.2 Å². The first-order valence-corrected chi connectivity index (χ1v) is 7.49. The largest absolute Gasteiger partial charge is 0.370 e. The fourth-order valence-electron chi connectivity index (χ4n) is 3.17. The normalized spacial score (nSPS) is 27.2. The molecular formula is C15H19N3O2. The van der Waals surface area contributed by atoms with Crippen LogP contribution in [0.5, 0.6) is 0 Å². The number of imidazole rings is 1. The summed E-state index contributed by atoms with van der Waals surface area (Å²) in [5, 5.41) is 0. The molecule has 0 saturated carbocycles. The summed E-state index contributed by atoms with van der Waals surface area (Å²) >= 11 is 0. The van der Waals surface area contributed by atoms with Crippen LogP contribution in [-0.4, -0.2) is 27.7 Å². The number of aromatic nitrogens is 3. The highest BCUT2D eigenvalue weighted by Gasteiger charge is 2.29. The van der Waals surface area contributed by atoms with Crippen molar-refractivity contribution < 1.29 is 9.47 Å². The fourth-order valence-corrected chi connectivity index (χ4v) is 3.17. The standard InChI is InChI=1S/C15H19N3O2/c1-2-9-20-13(7-1)18-14-11(5-3-8-16-14)17-15(18)12-6-4-10-19-12/h3,5,8,12-13H,1-2,4,6-7,9-10H2. The molecule has 2 fully saturated rings. The lowest BCUT2D eigenvalue weighted by atomic mass is 10.1. The molecule has 0 spiro atoms. The highest BCUT2D eigenvalue weighted by molar-refractivity contribution is 5.71. The van der Waals surface area contributed by atoms with Gasteiger partial charge in [-0.15, -0.1) is 0 Å². The first-order valence-electron chi connectivity index (χ1n) is 7.49. The average Bonchev–Trinajstić information content (AvgIpc) is 3.15. The Hall–Kier alpha value is -1.46. The third-order valence-electron chi connectivity index (χ3n) is 4.14. The van der Waals surface area contributed by atoms with Gasteiger partial charge in [-0.3, -0.25) is 4.57 Å². The molecule has 2 unspecified atom stereocenters. The van der Waals surface area contributed by atoms with Gasteiger partial charge in [-0.25, -0.2) is 9.97 Å². The van der Waals surface area contributed by atoms with E-state index in [0.717, 1.165) is 55.9 Å². The van der Waals surface area contributed by atoms with Gasteiger partial charge in [-0.05, 0) is 44.2 Å². The van der Waals surface area contributed by atoms with Crippen molar-refractivity contribution in [2.45, 2.75) is 44.4 Å². The number of rotatable bonds is 2. The van der Waals surface area contributed by atoms with Gasteiger partial charge < -0.3 is 9.47 Å². The summed E-state index contributed by atoms with van der Waals surface area (Å²) in [6, 6.07) is 3.95. The molecule has 0 aromatic carbocycles. The van der Waals surface area contributed by atoms with Crippen molar-refractivity contribution in [1.82, 2.24) is 14.5 Å². The van der Waals surface area contributed by atoms with Crippen LogP contribution in [0, 0.1) is 0 Å². The Bertz CT molecular complexity index is 598. The van der Waals surface area contributed by atoms with Gasteiger partial charge in [-0.1, -0.05) is 0 Å². The van der Waals surface area contributed by atoms with Crippen molar-refractivity contribution in [3.05, 3.63) is 24.2 Å². The van der Waals surface area contributed by atoms with Gasteiger partial charge in [0, 0.05) is 19.4 Å². The Morgan fingerprint density at radius 1 is 1.10 bits per heavy atom. The van der Waals surface area contributed by atoms with Crippen LogP contribution in [-0.2, 0) is 9.47 Å². The molecule has 4 heterocycles. The van der Waals surface area contributed by atoms with Gasteiger partial charge in [0.1, 0.15) is 23.7 Å². The van der Waals surface area contributed by atoms with Gasteiger partial charge >= 0.3 is 0 Å². The van der Waals surface area contributed by atoms with E-state index in [4.69, 9.17) is 14.5 Å².